The first-order valence-electron chi connectivity index (χ1n) is 9.38. The number of carbonyl (C=O) groups excluding carboxylic acids is 2. The van der Waals surface area contributed by atoms with Crippen molar-refractivity contribution in [3.05, 3.63) is 0 Å². The van der Waals surface area contributed by atoms with Gasteiger partial charge in [0.05, 0.1) is 5.60 Å². The lowest BCUT2D eigenvalue weighted by Crippen LogP contribution is -2.60. The van der Waals surface area contributed by atoms with Crippen molar-refractivity contribution in [2.45, 2.75) is 78.2 Å². The monoisotopic (exact) mass is 318 g/mol. The van der Waals surface area contributed by atoms with E-state index in [2.05, 4.69) is 20.8 Å². The Labute approximate surface area is 139 Å². The van der Waals surface area contributed by atoms with E-state index in [-0.39, 0.29) is 22.2 Å². The first kappa shape index (κ1) is 15.8. The average Bonchev–Trinajstić information content (AvgIpc) is 2.61. The Morgan fingerprint density at radius 1 is 1.00 bits per heavy atom. The molecule has 4 aliphatic carbocycles. The third-order valence-electron chi connectivity index (χ3n) is 8.80. The fourth-order valence-electron chi connectivity index (χ4n) is 7.49. The Morgan fingerprint density at radius 3 is 2.35 bits per heavy atom. The molecule has 4 aliphatic rings. The van der Waals surface area contributed by atoms with Gasteiger partial charge in [0.2, 0.25) is 0 Å². The van der Waals surface area contributed by atoms with Crippen molar-refractivity contribution in [3.63, 3.8) is 0 Å². The van der Waals surface area contributed by atoms with Crippen LogP contribution in [-0.4, -0.2) is 22.3 Å². The van der Waals surface area contributed by atoms with Crippen LogP contribution in [0.15, 0.2) is 0 Å². The summed E-state index contributed by atoms with van der Waals surface area (Å²) >= 11 is 0. The molecule has 6 unspecified atom stereocenters. The molecule has 6 atom stereocenters. The van der Waals surface area contributed by atoms with Crippen molar-refractivity contribution < 1.29 is 14.7 Å². The zero-order valence-electron chi connectivity index (χ0n) is 14.9. The van der Waals surface area contributed by atoms with Crippen LogP contribution < -0.4 is 0 Å². The maximum absolute atomic E-state index is 13.2. The number of hydrogen-bond donors (Lipinski definition) is 1. The Kier molecular flexibility index (Phi) is 2.94. The lowest BCUT2D eigenvalue weighted by atomic mass is 9.41. The van der Waals surface area contributed by atoms with Crippen molar-refractivity contribution >= 4 is 11.6 Å². The van der Waals surface area contributed by atoms with Gasteiger partial charge in [0.15, 0.2) is 0 Å². The molecule has 4 saturated carbocycles. The van der Waals surface area contributed by atoms with E-state index in [1.165, 1.54) is 0 Å². The summed E-state index contributed by atoms with van der Waals surface area (Å²) in [5.74, 6) is 1.22. The molecule has 0 aromatic carbocycles. The summed E-state index contributed by atoms with van der Waals surface area (Å²) in [6.07, 6.45) is 5.78. The van der Waals surface area contributed by atoms with Crippen LogP contribution in [0.4, 0.5) is 0 Å². The van der Waals surface area contributed by atoms with Gasteiger partial charge in [-0.25, -0.2) is 0 Å². The summed E-state index contributed by atoms with van der Waals surface area (Å²) in [6.45, 7) is 8.52. The van der Waals surface area contributed by atoms with Gasteiger partial charge in [0.1, 0.15) is 11.6 Å². The van der Waals surface area contributed by atoms with Gasteiger partial charge in [-0.05, 0) is 55.8 Å². The molecule has 0 aliphatic heterocycles. The maximum Gasteiger partial charge on any atom is 0.145 e. The van der Waals surface area contributed by atoms with Gasteiger partial charge in [-0.1, -0.05) is 27.7 Å². The molecule has 1 spiro atoms. The molecule has 4 rings (SSSR count). The fourth-order valence-corrected chi connectivity index (χ4v) is 7.49. The van der Waals surface area contributed by atoms with Crippen LogP contribution in [0.25, 0.3) is 0 Å². The second-order valence-corrected chi connectivity index (χ2v) is 9.86. The topological polar surface area (TPSA) is 54.4 Å². The van der Waals surface area contributed by atoms with Gasteiger partial charge < -0.3 is 5.11 Å². The Balaban J connectivity index is 1.80. The molecule has 3 heteroatoms. The molecule has 0 aromatic rings. The molecule has 3 nitrogen and oxygen atoms in total. The van der Waals surface area contributed by atoms with Crippen LogP contribution in [0.2, 0.25) is 0 Å². The highest BCUT2D eigenvalue weighted by molar-refractivity contribution is 5.92. The normalized spacial score (nSPS) is 54.6. The number of hydrogen-bond acceptors (Lipinski definition) is 3. The van der Waals surface area contributed by atoms with Gasteiger partial charge in [-0.15, -0.1) is 0 Å². The number of fused-ring (bicyclic) bond motifs is 3. The number of aliphatic hydroxyl groups is 1. The van der Waals surface area contributed by atoms with Crippen molar-refractivity contribution in [3.8, 4) is 0 Å². The molecule has 1 N–H and O–H groups in total. The first-order valence-corrected chi connectivity index (χ1v) is 9.38. The summed E-state index contributed by atoms with van der Waals surface area (Å²) < 4.78 is 0. The van der Waals surface area contributed by atoms with Crippen LogP contribution in [0.5, 0.6) is 0 Å². The third kappa shape index (κ3) is 1.65. The highest BCUT2D eigenvalue weighted by Gasteiger charge is 2.71. The number of Topliss-reactive ketones (excluding diaryl/α,β-unsaturated/α-hetero) is 2. The summed E-state index contributed by atoms with van der Waals surface area (Å²) in [5.41, 5.74) is -1.28. The molecule has 23 heavy (non-hydrogen) atoms. The number of rotatable bonds is 0. The van der Waals surface area contributed by atoms with Crippen LogP contribution in [0.3, 0.4) is 0 Å². The van der Waals surface area contributed by atoms with Crippen LogP contribution in [0, 0.1) is 34.0 Å². The summed E-state index contributed by atoms with van der Waals surface area (Å²) in [4.78, 5) is 25.7. The zero-order chi connectivity index (χ0) is 16.8. The second-order valence-electron chi connectivity index (χ2n) is 9.86. The second kappa shape index (κ2) is 4.28. The standard InChI is InChI=1S/C20H30O3/c1-12-16(22)19-9-5-13-17(2,3)15(21)7-8-18(13,4)14(19)6-10-20(12,23)11-19/h12-14,23H,5-11H2,1-4H3. The van der Waals surface area contributed by atoms with Crippen LogP contribution in [0.1, 0.15) is 72.6 Å². The van der Waals surface area contributed by atoms with E-state index in [1.807, 2.05) is 6.92 Å². The molecule has 4 fully saturated rings. The van der Waals surface area contributed by atoms with Crippen molar-refractivity contribution in [2.24, 2.45) is 34.0 Å². The quantitative estimate of drug-likeness (QED) is 0.743. The third-order valence-corrected chi connectivity index (χ3v) is 8.80. The SMILES string of the molecule is CC1C(=O)C23CCC4C(C)(C)C(=O)CCC4(C)C2CCC1(O)C3. The van der Waals surface area contributed by atoms with Gasteiger partial charge in [0.25, 0.3) is 0 Å². The number of ketones is 2. The molecule has 2 bridgehead atoms. The molecule has 0 amide bonds. The smallest absolute Gasteiger partial charge is 0.145 e. The van der Waals surface area contributed by atoms with E-state index in [4.69, 9.17) is 0 Å². The highest BCUT2D eigenvalue weighted by Crippen LogP contribution is 2.71. The maximum atomic E-state index is 13.2. The van der Waals surface area contributed by atoms with Gasteiger partial charge in [-0.3, -0.25) is 9.59 Å². The van der Waals surface area contributed by atoms with E-state index in [0.29, 0.717) is 36.2 Å². The van der Waals surface area contributed by atoms with E-state index in [9.17, 15) is 14.7 Å². The average molecular weight is 318 g/mol. The van der Waals surface area contributed by atoms with Crippen molar-refractivity contribution in [2.75, 3.05) is 0 Å². The van der Waals surface area contributed by atoms with Crippen molar-refractivity contribution in [1.82, 2.24) is 0 Å². The lowest BCUT2D eigenvalue weighted by molar-refractivity contribution is -0.175. The Hall–Kier alpha value is -0.700. The van der Waals surface area contributed by atoms with E-state index < -0.39 is 5.60 Å². The molecule has 128 valence electrons. The summed E-state index contributed by atoms with van der Waals surface area (Å²) in [6, 6.07) is 0. The highest BCUT2D eigenvalue weighted by atomic mass is 16.3. The van der Waals surface area contributed by atoms with Gasteiger partial charge in [0, 0.05) is 23.2 Å². The number of carbonyl (C=O) groups is 2. The minimum absolute atomic E-state index is 0.0662. The van der Waals surface area contributed by atoms with Crippen LogP contribution >= 0.6 is 0 Å². The zero-order valence-corrected chi connectivity index (χ0v) is 14.9. The van der Waals surface area contributed by atoms with E-state index >= 15 is 0 Å². The summed E-state index contributed by atoms with van der Waals surface area (Å²) in [7, 11) is 0. The largest absolute Gasteiger partial charge is 0.389 e. The minimum Gasteiger partial charge on any atom is -0.389 e. The van der Waals surface area contributed by atoms with Gasteiger partial charge >= 0.3 is 0 Å². The Bertz CT molecular complexity index is 594. The van der Waals surface area contributed by atoms with Gasteiger partial charge in [-0.2, -0.15) is 0 Å². The fraction of sp³-hybridized carbons (Fsp3) is 0.900. The van der Waals surface area contributed by atoms with Crippen LogP contribution in [-0.2, 0) is 9.59 Å². The Morgan fingerprint density at radius 2 is 1.65 bits per heavy atom. The first-order chi connectivity index (χ1) is 10.6. The summed E-state index contributed by atoms with van der Waals surface area (Å²) in [5, 5.41) is 10.9. The molecule has 0 heterocycles. The molecule has 0 aromatic heterocycles. The van der Waals surface area contributed by atoms with Crippen molar-refractivity contribution in [1.29, 1.82) is 0 Å². The minimum atomic E-state index is -0.767. The molecule has 0 radical (unpaired) electrons. The predicted molar refractivity (Wildman–Crippen MR) is 87.7 cm³/mol. The molecular weight excluding hydrogens is 288 g/mol. The lowest BCUT2D eigenvalue weighted by Gasteiger charge is -2.62. The predicted octanol–water partition coefficient (Wildman–Crippen LogP) is 3.53. The molecular formula is C20H30O3. The van der Waals surface area contributed by atoms with E-state index in [1.54, 1.807) is 0 Å². The van der Waals surface area contributed by atoms with E-state index in [0.717, 1.165) is 32.1 Å². The molecule has 0 saturated heterocycles.